The highest BCUT2D eigenvalue weighted by atomic mass is 16.1. The maximum Gasteiger partial charge on any atom is 0.257 e. The number of nitrogens with zero attached hydrogens (tertiary/aromatic N) is 1. The van der Waals surface area contributed by atoms with Gasteiger partial charge in [0.2, 0.25) is 0 Å². The molecule has 2 aromatic rings. The van der Waals surface area contributed by atoms with E-state index in [1.165, 1.54) is 0 Å². The highest BCUT2D eigenvalue weighted by Gasteiger charge is 2.11. The van der Waals surface area contributed by atoms with E-state index in [1.807, 2.05) is 26.0 Å². The van der Waals surface area contributed by atoms with E-state index in [-0.39, 0.29) is 5.91 Å². The summed E-state index contributed by atoms with van der Waals surface area (Å²) in [5.41, 5.74) is 3.69. The van der Waals surface area contributed by atoms with Crippen LogP contribution in [0.3, 0.4) is 0 Å². The summed E-state index contributed by atoms with van der Waals surface area (Å²) in [6.45, 7) is 3.77. The number of rotatable bonds is 2. The number of benzene rings is 1. The Kier molecular flexibility index (Phi) is 3.16. The molecule has 2 rings (SSSR count). The number of aromatic nitrogens is 1. The zero-order valence-corrected chi connectivity index (χ0v) is 10.2. The van der Waals surface area contributed by atoms with E-state index in [0.717, 1.165) is 11.4 Å². The molecule has 0 saturated carbocycles. The van der Waals surface area contributed by atoms with Gasteiger partial charge in [0.05, 0.1) is 17.2 Å². The Morgan fingerprint density at radius 2 is 1.94 bits per heavy atom. The van der Waals surface area contributed by atoms with Crippen LogP contribution in [0.2, 0.25) is 0 Å². The smallest absolute Gasteiger partial charge is 0.257 e. The summed E-state index contributed by atoms with van der Waals surface area (Å²) in [5, 5.41) is 11.5. The van der Waals surface area contributed by atoms with Gasteiger partial charge in [-0.1, -0.05) is 0 Å². The molecule has 0 saturated heterocycles. The molecule has 0 bridgehead atoms. The number of carbonyl (C=O) groups excluding carboxylic acids is 1. The highest BCUT2D eigenvalue weighted by Crippen LogP contribution is 2.14. The van der Waals surface area contributed by atoms with E-state index in [9.17, 15) is 4.79 Å². The molecule has 0 spiro atoms. The van der Waals surface area contributed by atoms with Crippen LogP contribution in [-0.4, -0.2) is 10.9 Å². The van der Waals surface area contributed by atoms with Crippen molar-refractivity contribution in [2.45, 2.75) is 13.8 Å². The van der Waals surface area contributed by atoms with Gasteiger partial charge in [0, 0.05) is 17.1 Å². The lowest BCUT2D eigenvalue weighted by Gasteiger charge is -2.04. The molecule has 0 fully saturated rings. The van der Waals surface area contributed by atoms with Crippen molar-refractivity contribution in [2.75, 3.05) is 5.32 Å². The third kappa shape index (κ3) is 2.41. The Hall–Kier alpha value is -2.54. The van der Waals surface area contributed by atoms with Crippen molar-refractivity contribution in [3.63, 3.8) is 0 Å². The Morgan fingerprint density at radius 3 is 2.44 bits per heavy atom. The molecule has 0 aliphatic carbocycles. The quantitative estimate of drug-likeness (QED) is 0.846. The SMILES string of the molecule is Cc1cc(C(=O)Nc2ccc(C#N)cc2)c(C)[nH]1. The number of nitriles is 1. The Labute approximate surface area is 105 Å². The standard InChI is InChI=1S/C14H13N3O/c1-9-7-13(10(2)16-9)14(18)17-12-5-3-11(8-15)4-6-12/h3-7,16H,1-2H3,(H,17,18). The first-order chi connectivity index (χ1) is 8.60. The minimum Gasteiger partial charge on any atom is -0.362 e. The number of carbonyl (C=O) groups is 1. The molecule has 0 atom stereocenters. The Balaban J connectivity index is 2.16. The Bertz CT molecular complexity index is 617. The van der Waals surface area contributed by atoms with Crippen molar-refractivity contribution in [2.24, 2.45) is 0 Å². The molecule has 0 aliphatic rings. The predicted octanol–water partition coefficient (Wildman–Crippen LogP) is 2.76. The topological polar surface area (TPSA) is 68.7 Å². The molecule has 18 heavy (non-hydrogen) atoms. The van der Waals surface area contributed by atoms with Gasteiger partial charge in [-0.3, -0.25) is 4.79 Å². The van der Waals surface area contributed by atoms with E-state index in [4.69, 9.17) is 5.26 Å². The van der Waals surface area contributed by atoms with Crippen LogP contribution in [0.15, 0.2) is 30.3 Å². The molecular formula is C14H13N3O. The summed E-state index contributed by atoms with van der Waals surface area (Å²) in [5.74, 6) is -0.151. The van der Waals surface area contributed by atoms with Gasteiger partial charge in [-0.2, -0.15) is 5.26 Å². The molecule has 0 unspecified atom stereocenters. The second-order valence-electron chi connectivity index (χ2n) is 4.13. The van der Waals surface area contributed by atoms with Crippen LogP contribution in [0.25, 0.3) is 0 Å². The van der Waals surface area contributed by atoms with E-state index in [1.54, 1.807) is 24.3 Å². The average Bonchev–Trinajstić information content (AvgIpc) is 2.69. The summed E-state index contributed by atoms with van der Waals surface area (Å²) >= 11 is 0. The molecule has 0 aliphatic heterocycles. The van der Waals surface area contributed by atoms with Crippen molar-refractivity contribution in [3.8, 4) is 6.07 Å². The van der Waals surface area contributed by atoms with Crippen molar-refractivity contribution in [3.05, 3.63) is 52.8 Å². The highest BCUT2D eigenvalue weighted by molar-refractivity contribution is 6.05. The summed E-state index contributed by atoms with van der Waals surface area (Å²) in [6, 6.07) is 10.6. The minimum absolute atomic E-state index is 0.151. The molecule has 4 heteroatoms. The van der Waals surface area contributed by atoms with E-state index >= 15 is 0 Å². The van der Waals surface area contributed by atoms with Gasteiger partial charge in [0.15, 0.2) is 0 Å². The number of aromatic amines is 1. The lowest BCUT2D eigenvalue weighted by Crippen LogP contribution is -2.12. The largest absolute Gasteiger partial charge is 0.362 e. The summed E-state index contributed by atoms with van der Waals surface area (Å²) in [7, 11) is 0. The molecule has 1 heterocycles. The number of H-pyrrole nitrogens is 1. The first-order valence-corrected chi connectivity index (χ1v) is 5.58. The van der Waals surface area contributed by atoms with Crippen molar-refractivity contribution < 1.29 is 4.79 Å². The maximum absolute atomic E-state index is 12.0. The monoisotopic (exact) mass is 239 g/mol. The number of amides is 1. The zero-order valence-electron chi connectivity index (χ0n) is 10.2. The fourth-order valence-electron chi connectivity index (χ4n) is 1.79. The van der Waals surface area contributed by atoms with Gasteiger partial charge in [-0.05, 0) is 44.2 Å². The second kappa shape index (κ2) is 4.76. The van der Waals surface area contributed by atoms with Crippen LogP contribution in [0.1, 0.15) is 27.3 Å². The van der Waals surface area contributed by atoms with Crippen molar-refractivity contribution in [1.82, 2.24) is 4.98 Å². The normalized spacial score (nSPS) is 9.83. The predicted molar refractivity (Wildman–Crippen MR) is 69.4 cm³/mol. The average molecular weight is 239 g/mol. The number of aryl methyl sites for hydroxylation is 2. The van der Waals surface area contributed by atoms with Crippen LogP contribution < -0.4 is 5.32 Å². The van der Waals surface area contributed by atoms with Crippen LogP contribution in [0.4, 0.5) is 5.69 Å². The molecule has 1 amide bonds. The van der Waals surface area contributed by atoms with Gasteiger partial charge < -0.3 is 10.3 Å². The third-order valence-corrected chi connectivity index (χ3v) is 2.67. The fraction of sp³-hybridized carbons (Fsp3) is 0.143. The zero-order chi connectivity index (χ0) is 13.1. The van der Waals surface area contributed by atoms with Crippen LogP contribution >= 0.6 is 0 Å². The first-order valence-electron chi connectivity index (χ1n) is 5.58. The van der Waals surface area contributed by atoms with Gasteiger partial charge in [-0.15, -0.1) is 0 Å². The van der Waals surface area contributed by atoms with E-state index in [0.29, 0.717) is 16.8 Å². The lowest BCUT2D eigenvalue weighted by atomic mass is 10.2. The molecule has 1 aromatic heterocycles. The van der Waals surface area contributed by atoms with Gasteiger partial charge >= 0.3 is 0 Å². The molecule has 1 aromatic carbocycles. The van der Waals surface area contributed by atoms with E-state index < -0.39 is 0 Å². The minimum atomic E-state index is -0.151. The molecule has 2 N–H and O–H groups in total. The van der Waals surface area contributed by atoms with Gasteiger partial charge in [0.25, 0.3) is 5.91 Å². The molecule has 4 nitrogen and oxygen atoms in total. The van der Waals surface area contributed by atoms with E-state index in [2.05, 4.69) is 10.3 Å². The van der Waals surface area contributed by atoms with Gasteiger partial charge in [0.1, 0.15) is 0 Å². The van der Waals surface area contributed by atoms with Crippen LogP contribution in [0, 0.1) is 25.2 Å². The first kappa shape index (κ1) is 11.9. The third-order valence-electron chi connectivity index (χ3n) is 2.67. The summed E-state index contributed by atoms with van der Waals surface area (Å²) < 4.78 is 0. The van der Waals surface area contributed by atoms with Crippen molar-refractivity contribution >= 4 is 11.6 Å². The van der Waals surface area contributed by atoms with Crippen molar-refractivity contribution in [1.29, 1.82) is 5.26 Å². The molecule has 90 valence electrons. The van der Waals surface area contributed by atoms with Gasteiger partial charge in [-0.25, -0.2) is 0 Å². The Morgan fingerprint density at radius 1 is 1.28 bits per heavy atom. The second-order valence-corrected chi connectivity index (χ2v) is 4.13. The number of hydrogen-bond donors (Lipinski definition) is 2. The fourth-order valence-corrected chi connectivity index (χ4v) is 1.79. The molecule has 0 radical (unpaired) electrons. The number of hydrogen-bond acceptors (Lipinski definition) is 2. The van der Waals surface area contributed by atoms with Crippen LogP contribution in [-0.2, 0) is 0 Å². The lowest BCUT2D eigenvalue weighted by molar-refractivity contribution is 0.102. The summed E-state index contributed by atoms with van der Waals surface area (Å²) in [4.78, 5) is 15.1. The molecular weight excluding hydrogens is 226 g/mol. The number of nitrogens with one attached hydrogen (secondary N) is 2. The number of anilines is 1. The maximum atomic E-state index is 12.0. The summed E-state index contributed by atoms with van der Waals surface area (Å²) in [6.07, 6.45) is 0. The van der Waals surface area contributed by atoms with Crippen LogP contribution in [0.5, 0.6) is 0 Å².